The molecule has 2 aromatic rings. The third-order valence-corrected chi connectivity index (χ3v) is 3.54. The minimum Gasteiger partial charge on any atom is -0.496 e. The number of nitrogens with zero attached hydrogens (tertiary/aromatic N) is 1. The highest BCUT2D eigenvalue weighted by molar-refractivity contribution is 6.35. The van der Waals surface area contributed by atoms with Crippen molar-refractivity contribution in [3.63, 3.8) is 0 Å². The van der Waals surface area contributed by atoms with Crippen molar-refractivity contribution in [2.75, 3.05) is 13.7 Å². The highest BCUT2D eigenvalue weighted by Gasteiger charge is 2.17. The number of hydrogen-bond acceptors (Lipinski definition) is 2. The highest BCUT2D eigenvalue weighted by atomic mass is 35.5. The van der Waals surface area contributed by atoms with Crippen LogP contribution in [0.2, 0.25) is 5.02 Å². The SMILES string of the molecule is COc1ccc(Cl)c2c1c(C)c(CCN)n2C. The summed E-state index contributed by atoms with van der Waals surface area (Å²) in [6.07, 6.45) is 0.844. The molecule has 4 heteroatoms. The smallest absolute Gasteiger partial charge is 0.128 e. The number of hydrogen-bond donors (Lipinski definition) is 1. The number of aromatic nitrogens is 1. The predicted molar refractivity (Wildman–Crippen MR) is 72.0 cm³/mol. The van der Waals surface area contributed by atoms with Gasteiger partial charge >= 0.3 is 0 Å². The molecule has 17 heavy (non-hydrogen) atoms. The van der Waals surface area contributed by atoms with E-state index in [0.29, 0.717) is 6.54 Å². The fourth-order valence-corrected chi connectivity index (χ4v) is 2.71. The molecule has 0 saturated carbocycles. The Kier molecular flexibility index (Phi) is 3.31. The quantitative estimate of drug-likeness (QED) is 0.912. The van der Waals surface area contributed by atoms with Crippen molar-refractivity contribution in [3.8, 4) is 5.75 Å². The van der Waals surface area contributed by atoms with Crippen LogP contribution in [0.1, 0.15) is 11.3 Å². The molecule has 0 saturated heterocycles. The van der Waals surface area contributed by atoms with Gasteiger partial charge in [0.15, 0.2) is 0 Å². The van der Waals surface area contributed by atoms with Gasteiger partial charge < -0.3 is 15.0 Å². The lowest BCUT2D eigenvalue weighted by atomic mass is 10.1. The van der Waals surface area contributed by atoms with Gasteiger partial charge in [-0.15, -0.1) is 0 Å². The monoisotopic (exact) mass is 252 g/mol. The molecule has 92 valence electrons. The van der Waals surface area contributed by atoms with E-state index in [2.05, 4.69) is 11.5 Å². The first-order valence-electron chi connectivity index (χ1n) is 5.62. The van der Waals surface area contributed by atoms with Crippen LogP contribution in [0.25, 0.3) is 10.9 Å². The minimum atomic E-state index is 0.630. The van der Waals surface area contributed by atoms with Crippen LogP contribution in [-0.4, -0.2) is 18.2 Å². The van der Waals surface area contributed by atoms with Crippen molar-refractivity contribution in [2.45, 2.75) is 13.3 Å². The van der Waals surface area contributed by atoms with Crippen molar-refractivity contribution in [2.24, 2.45) is 12.8 Å². The fraction of sp³-hybridized carbons (Fsp3) is 0.385. The third kappa shape index (κ3) is 1.79. The van der Waals surface area contributed by atoms with Crippen LogP contribution < -0.4 is 10.5 Å². The molecule has 0 amide bonds. The Balaban J connectivity index is 2.85. The Morgan fingerprint density at radius 3 is 2.71 bits per heavy atom. The van der Waals surface area contributed by atoms with Crippen molar-refractivity contribution < 1.29 is 4.74 Å². The van der Waals surface area contributed by atoms with E-state index in [-0.39, 0.29) is 0 Å². The number of halogens is 1. The van der Waals surface area contributed by atoms with E-state index >= 15 is 0 Å². The van der Waals surface area contributed by atoms with Gasteiger partial charge in [0, 0.05) is 24.5 Å². The molecular weight excluding hydrogens is 236 g/mol. The summed E-state index contributed by atoms with van der Waals surface area (Å²) in [6.45, 7) is 2.72. The summed E-state index contributed by atoms with van der Waals surface area (Å²) in [6, 6.07) is 3.78. The van der Waals surface area contributed by atoms with E-state index in [4.69, 9.17) is 22.1 Å². The molecule has 2 N–H and O–H groups in total. The normalized spacial score (nSPS) is 11.1. The lowest BCUT2D eigenvalue weighted by Crippen LogP contribution is -2.07. The van der Waals surface area contributed by atoms with E-state index in [1.807, 2.05) is 19.2 Å². The average molecular weight is 253 g/mol. The first-order chi connectivity index (χ1) is 8.11. The highest BCUT2D eigenvalue weighted by Crippen LogP contribution is 2.36. The molecule has 0 spiro atoms. The standard InChI is InChI=1S/C13H17ClN2O/c1-8-10(6-7-15)16(2)13-9(14)4-5-11(17-3)12(8)13/h4-5H,6-7,15H2,1-3H3. The molecular formula is C13H17ClN2O. The van der Waals surface area contributed by atoms with E-state index in [1.54, 1.807) is 7.11 Å². The predicted octanol–water partition coefficient (Wildman–Crippen LogP) is 2.65. The molecule has 0 aliphatic rings. The maximum atomic E-state index is 6.27. The molecule has 2 rings (SSSR count). The molecule has 0 bridgehead atoms. The van der Waals surface area contributed by atoms with Gasteiger partial charge in [0.2, 0.25) is 0 Å². The summed E-state index contributed by atoms with van der Waals surface area (Å²) in [5.41, 5.74) is 9.09. The van der Waals surface area contributed by atoms with Crippen LogP contribution in [0.3, 0.4) is 0 Å². The second-order valence-corrected chi connectivity index (χ2v) is 4.55. The molecule has 0 aliphatic heterocycles. The molecule has 1 aromatic heterocycles. The fourth-order valence-electron chi connectivity index (χ4n) is 2.43. The number of ether oxygens (including phenoxy) is 1. The number of nitrogens with two attached hydrogens (primary N) is 1. The van der Waals surface area contributed by atoms with Crippen LogP contribution in [0.15, 0.2) is 12.1 Å². The lowest BCUT2D eigenvalue weighted by Gasteiger charge is -2.05. The Labute approximate surface area is 106 Å². The van der Waals surface area contributed by atoms with E-state index < -0.39 is 0 Å². The van der Waals surface area contributed by atoms with Gasteiger partial charge in [-0.1, -0.05) is 11.6 Å². The van der Waals surface area contributed by atoms with Gasteiger partial charge in [-0.2, -0.15) is 0 Å². The summed E-state index contributed by atoms with van der Waals surface area (Å²) >= 11 is 6.27. The van der Waals surface area contributed by atoms with Gasteiger partial charge in [0.25, 0.3) is 0 Å². The molecule has 3 nitrogen and oxygen atoms in total. The van der Waals surface area contributed by atoms with E-state index in [1.165, 1.54) is 11.3 Å². The van der Waals surface area contributed by atoms with Crippen LogP contribution in [0.5, 0.6) is 5.75 Å². The molecule has 1 aromatic carbocycles. The number of aryl methyl sites for hydroxylation is 2. The Morgan fingerprint density at radius 1 is 1.41 bits per heavy atom. The zero-order valence-corrected chi connectivity index (χ0v) is 11.1. The summed E-state index contributed by atoms with van der Waals surface area (Å²) in [5.74, 6) is 0.862. The van der Waals surface area contributed by atoms with Gasteiger partial charge in [-0.3, -0.25) is 0 Å². The minimum absolute atomic E-state index is 0.630. The molecule has 0 fully saturated rings. The molecule has 0 atom stereocenters. The first-order valence-corrected chi connectivity index (χ1v) is 6.00. The van der Waals surface area contributed by atoms with E-state index in [0.717, 1.165) is 28.1 Å². The van der Waals surface area contributed by atoms with Crippen molar-refractivity contribution >= 4 is 22.5 Å². The largest absolute Gasteiger partial charge is 0.496 e. The van der Waals surface area contributed by atoms with Gasteiger partial charge in [0.1, 0.15) is 5.75 Å². The van der Waals surface area contributed by atoms with Gasteiger partial charge in [0.05, 0.1) is 17.6 Å². The van der Waals surface area contributed by atoms with Crippen LogP contribution in [0.4, 0.5) is 0 Å². The lowest BCUT2D eigenvalue weighted by molar-refractivity contribution is 0.419. The summed E-state index contributed by atoms with van der Waals surface area (Å²) in [4.78, 5) is 0. The number of methoxy groups -OCH3 is 1. The van der Waals surface area contributed by atoms with Gasteiger partial charge in [-0.05, 0) is 31.2 Å². The second-order valence-electron chi connectivity index (χ2n) is 4.14. The first kappa shape index (κ1) is 12.3. The van der Waals surface area contributed by atoms with Crippen molar-refractivity contribution in [3.05, 3.63) is 28.4 Å². The Bertz CT molecular complexity index is 560. The second kappa shape index (κ2) is 4.59. The topological polar surface area (TPSA) is 40.2 Å². The van der Waals surface area contributed by atoms with E-state index in [9.17, 15) is 0 Å². The summed E-state index contributed by atoms with van der Waals surface area (Å²) < 4.78 is 7.52. The number of rotatable bonds is 3. The zero-order chi connectivity index (χ0) is 12.6. The Morgan fingerprint density at radius 2 is 2.12 bits per heavy atom. The summed E-state index contributed by atoms with van der Waals surface area (Å²) in [7, 11) is 3.70. The van der Waals surface area contributed by atoms with Gasteiger partial charge in [-0.25, -0.2) is 0 Å². The molecule has 1 heterocycles. The summed E-state index contributed by atoms with van der Waals surface area (Å²) in [5, 5.41) is 1.83. The zero-order valence-electron chi connectivity index (χ0n) is 10.4. The Hall–Kier alpha value is -1.19. The van der Waals surface area contributed by atoms with Crippen LogP contribution in [-0.2, 0) is 13.5 Å². The number of benzene rings is 1. The van der Waals surface area contributed by atoms with Crippen molar-refractivity contribution in [1.82, 2.24) is 4.57 Å². The maximum Gasteiger partial charge on any atom is 0.128 e. The van der Waals surface area contributed by atoms with Crippen LogP contribution in [0, 0.1) is 6.92 Å². The molecule has 0 radical (unpaired) electrons. The molecule has 0 aliphatic carbocycles. The third-order valence-electron chi connectivity index (χ3n) is 3.24. The maximum absolute atomic E-state index is 6.27. The van der Waals surface area contributed by atoms with Crippen LogP contribution >= 0.6 is 11.6 Å². The van der Waals surface area contributed by atoms with Crippen molar-refractivity contribution in [1.29, 1.82) is 0 Å². The molecule has 0 unspecified atom stereocenters. The average Bonchev–Trinajstić information content (AvgIpc) is 2.56. The number of fused-ring (bicyclic) bond motifs is 1.